The van der Waals surface area contributed by atoms with Crippen LogP contribution >= 0.6 is 0 Å². The van der Waals surface area contributed by atoms with E-state index in [1.54, 1.807) is 11.9 Å². The van der Waals surface area contributed by atoms with Gasteiger partial charge < -0.3 is 14.5 Å². The molecule has 118 valence electrons. The zero-order chi connectivity index (χ0) is 16.2. The Labute approximate surface area is 127 Å². The molecule has 0 unspecified atom stereocenters. The van der Waals surface area contributed by atoms with E-state index < -0.39 is 5.60 Å². The first kappa shape index (κ1) is 17.2. The Hall–Kier alpha value is -1.85. The van der Waals surface area contributed by atoms with Gasteiger partial charge in [0.2, 0.25) is 5.95 Å². The normalized spacial score (nSPS) is 11.2. The molecular weight excluding hydrogens is 268 g/mol. The first-order valence-corrected chi connectivity index (χ1v) is 7.06. The molecule has 0 saturated carbocycles. The number of hydrogen-bond donors (Lipinski definition) is 0. The summed E-state index contributed by atoms with van der Waals surface area (Å²) in [4.78, 5) is 24.2. The first-order valence-electron chi connectivity index (χ1n) is 7.06. The van der Waals surface area contributed by atoms with Crippen LogP contribution in [0.2, 0.25) is 0 Å². The van der Waals surface area contributed by atoms with Crippen molar-refractivity contribution in [2.24, 2.45) is 0 Å². The second-order valence-electron chi connectivity index (χ2n) is 6.27. The van der Waals surface area contributed by atoms with Gasteiger partial charge in [-0.2, -0.15) is 0 Å². The molecule has 6 nitrogen and oxygen atoms in total. The molecule has 0 atom stereocenters. The summed E-state index contributed by atoms with van der Waals surface area (Å²) in [5.74, 6) is 0.671. The van der Waals surface area contributed by atoms with Crippen molar-refractivity contribution >= 4 is 12.0 Å². The van der Waals surface area contributed by atoms with Crippen molar-refractivity contribution < 1.29 is 9.53 Å². The first-order chi connectivity index (χ1) is 9.58. The third kappa shape index (κ3) is 5.97. The maximum Gasteiger partial charge on any atom is 0.410 e. The number of ether oxygens (including phenoxy) is 1. The maximum atomic E-state index is 11.9. The molecule has 0 spiro atoms. The van der Waals surface area contributed by atoms with E-state index in [9.17, 15) is 4.79 Å². The van der Waals surface area contributed by atoms with Gasteiger partial charge in [-0.3, -0.25) is 0 Å². The van der Waals surface area contributed by atoms with E-state index in [1.807, 2.05) is 52.6 Å². The standard InChI is InChI=1S/C15H26N4O2/c1-11-10-12(2)17-13(16-11)18(6)8-9-19(7)14(20)21-15(3,4)5/h10H,8-9H2,1-7H3. The fraction of sp³-hybridized carbons (Fsp3) is 0.667. The van der Waals surface area contributed by atoms with Gasteiger partial charge in [-0.15, -0.1) is 0 Å². The lowest BCUT2D eigenvalue weighted by Crippen LogP contribution is -2.38. The van der Waals surface area contributed by atoms with E-state index in [-0.39, 0.29) is 6.09 Å². The van der Waals surface area contributed by atoms with Crippen LogP contribution in [0.15, 0.2) is 6.07 Å². The molecule has 0 bridgehead atoms. The van der Waals surface area contributed by atoms with Gasteiger partial charge in [0.25, 0.3) is 0 Å². The van der Waals surface area contributed by atoms with Gasteiger partial charge in [0.15, 0.2) is 0 Å². The number of aryl methyl sites for hydroxylation is 2. The molecule has 1 heterocycles. The number of anilines is 1. The van der Waals surface area contributed by atoms with Crippen LogP contribution in [0.4, 0.5) is 10.7 Å². The number of carbonyl (C=O) groups is 1. The van der Waals surface area contributed by atoms with Crippen LogP contribution in [0.3, 0.4) is 0 Å². The molecule has 0 aliphatic heterocycles. The molecule has 0 aliphatic rings. The monoisotopic (exact) mass is 294 g/mol. The summed E-state index contributed by atoms with van der Waals surface area (Å²) in [5, 5.41) is 0. The fourth-order valence-electron chi connectivity index (χ4n) is 1.71. The van der Waals surface area contributed by atoms with E-state index in [4.69, 9.17) is 4.74 Å². The average Bonchev–Trinajstić information content (AvgIpc) is 2.32. The number of amides is 1. The largest absolute Gasteiger partial charge is 0.444 e. The van der Waals surface area contributed by atoms with Gasteiger partial charge in [0.1, 0.15) is 5.60 Å². The highest BCUT2D eigenvalue weighted by Crippen LogP contribution is 2.10. The van der Waals surface area contributed by atoms with Gasteiger partial charge in [-0.1, -0.05) is 0 Å². The molecule has 0 saturated heterocycles. The number of likely N-dealkylation sites (N-methyl/N-ethyl adjacent to an activating group) is 2. The molecule has 0 fully saturated rings. The molecule has 0 aliphatic carbocycles. The van der Waals surface area contributed by atoms with Crippen LogP contribution in [0.5, 0.6) is 0 Å². The second kappa shape index (κ2) is 6.74. The second-order valence-corrected chi connectivity index (χ2v) is 6.27. The summed E-state index contributed by atoms with van der Waals surface area (Å²) in [6.07, 6.45) is -0.322. The average molecular weight is 294 g/mol. The van der Waals surface area contributed by atoms with Crippen molar-refractivity contribution in [3.05, 3.63) is 17.5 Å². The van der Waals surface area contributed by atoms with Crippen molar-refractivity contribution in [2.45, 2.75) is 40.2 Å². The maximum absolute atomic E-state index is 11.9. The Balaban J connectivity index is 2.56. The lowest BCUT2D eigenvalue weighted by Gasteiger charge is -2.26. The summed E-state index contributed by atoms with van der Waals surface area (Å²) in [7, 11) is 3.64. The fourth-order valence-corrected chi connectivity index (χ4v) is 1.71. The molecular formula is C15H26N4O2. The summed E-state index contributed by atoms with van der Waals surface area (Å²) in [6, 6.07) is 1.93. The number of rotatable bonds is 4. The Bertz CT molecular complexity index is 477. The van der Waals surface area contributed by atoms with E-state index in [2.05, 4.69) is 9.97 Å². The van der Waals surface area contributed by atoms with Crippen molar-refractivity contribution in [3.8, 4) is 0 Å². The molecule has 0 aromatic carbocycles. The SMILES string of the molecule is Cc1cc(C)nc(N(C)CCN(C)C(=O)OC(C)(C)C)n1. The van der Waals surface area contributed by atoms with Crippen LogP contribution in [0.1, 0.15) is 32.2 Å². The molecule has 1 aromatic rings. The lowest BCUT2D eigenvalue weighted by molar-refractivity contribution is 0.0303. The van der Waals surface area contributed by atoms with Crippen molar-refractivity contribution in [2.75, 3.05) is 32.1 Å². The van der Waals surface area contributed by atoms with Gasteiger partial charge in [-0.05, 0) is 40.7 Å². The lowest BCUT2D eigenvalue weighted by atomic mass is 10.2. The van der Waals surface area contributed by atoms with Crippen LogP contribution in [-0.2, 0) is 4.74 Å². The molecule has 6 heteroatoms. The van der Waals surface area contributed by atoms with Crippen LogP contribution < -0.4 is 4.90 Å². The molecule has 1 amide bonds. The van der Waals surface area contributed by atoms with Crippen molar-refractivity contribution in [3.63, 3.8) is 0 Å². The van der Waals surface area contributed by atoms with Crippen molar-refractivity contribution in [1.29, 1.82) is 0 Å². The third-order valence-electron chi connectivity index (χ3n) is 2.79. The summed E-state index contributed by atoms with van der Waals surface area (Å²) in [6.45, 7) is 10.6. The third-order valence-corrected chi connectivity index (χ3v) is 2.79. The topological polar surface area (TPSA) is 58.6 Å². The smallest absolute Gasteiger partial charge is 0.410 e. The Kier molecular flexibility index (Phi) is 5.52. The summed E-state index contributed by atoms with van der Waals surface area (Å²) >= 11 is 0. The van der Waals surface area contributed by atoms with Crippen molar-refractivity contribution in [1.82, 2.24) is 14.9 Å². The molecule has 21 heavy (non-hydrogen) atoms. The van der Waals surface area contributed by atoms with Gasteiger partial charge in [-0.25, -0.2) is 14.8 Å². The number of aromatic nitrogens is 2. The van der Waals surface area contributed by atoms with Crippen LogP contribution in [-0.4, -0.2) is 53.7 Å². The highest BCUT2D eigenvalue weighted by atomic mass is 16.6. The van der Waals surface area contributed by atoms with Gasteiger partial charge in [0.05, 0.1) is 0 Å². The molecule has 1 rings (SSSR count). The van der Waals surface area contributed by atoms with E-state index in [1.165, 1.54) is 0 Å². The quantitative estimate of drug-likeness (QED) is 0.853. The van der Waals surface area contributed by atoms with Crippen LogP contribution in [0, 0.1) is 13.8 Å². The molecule has 0 radical (unpaired) electrons. The zero-order valence-electron chi connectivity index (χ0n) is 14.1. The highest BCUT2D eigenvalue weighted by Gasteiger charge is 2.19. The predicted octanol–water partition coefficient (Wildman–Crippen LogP) is 2.40. The number of nitrogens with zero attached hydrogens (tertiary/aromatic N) is 4. The highest BCUT2D eigenvalue weighted by molar-refractivity contribution is 5.67. The molecule has 1 aromatic heterocycles. The summed E-state index contributed by atoms with van der Waals surface area (Å²) < 4.78 is 5.31. The summed E-state index contributed by atoms with van der Waals surface area (Å²) in [5.41, 5.74) is 1.39. The minimum absolute atomic E-state index is 0.322. The van der Waals surface area contributed by atoms with E-state index >= 15 is 0 Å². The number of carbonyl (C=O) groups excluding carboxylic acids is 1. The van der Waals surface area contributed by atoms with Crippen LogP contribution in [0.25, 0.3) is 0 Å². The van der Waals surface area contributed by atoms with Gasteiger partial charge >= 0.3 is 6.09 Å². The van der Waals surface area contributed by atoms with Gasteiger partial charge in [0, 0.05) is 38.6 Å². The van der Waals surface area contributed by atoms with E-state index in [0.717, 1.165) is 11.4 Å². The Morgan fingerprint density at radius 3 is 2.14 bits per heavy atom. The Morgan fingerprint density at radius 2 is 1.67 bits per heavy atom. The minimum atomic E-state index is -0.478. The molecule has 0 N–H and O–H groups in total. The number of hydrogen-bond acceptors (Lipinski definition) is 5. The zero-order valence-corrected chi connectivity index (χ0v) is 14.1. The minimum Gasteiger partial charge on any atom is -0.444 e. The predicted molar refractivity (Wildman–Crippen MR) is 83.6 cm³/mol. The Morgan fingerprint density at radius 1 is 1.14 bits per heavy atom. The van der Waals surface area contributed by atoms with E-state index in [0.29, 0.717) is 19.0 Å².